The standard InChI is InChI=1S/C13H16BrNO2/c14-11-8-13(17)15(9-11)7-6-12(16)10-4-2-1-3-5-10/h1-5,11-12,16H,6-9H2. The van der Waals surface area contributed by atoms with Gasteiger partial charge in [0.15, 0.2) is 0 Å². The number of carbonyl (C=O) groups excluding carboxylic acids is 1. The number of aliphatic hydroxyl groups excluding tert-OH is 1. The van der Waals surface area contributed by atoms with Crippen LogP contribution in [0.2, 0.25) is 0 Å². The number of halogens is 1. The van der Waals surface area contributed by atoms with Gasteiger partial charge < -0.3 is 10.0 Å². The van der Waals surface area contributed by atoms with Crippen LogP contribution in [0, 0.1) is 0 Å². The van der Waals surface area contributed by atoms with Crippen molar-refractivity contribution in [2.45, 2.75) is 23.8 Å². The molecule has 0 radical (unpaired) electrons. The minimum Gasteiger partial charge on any atom is -0.388 e. The van der Waals surface area contributed by atoms with Crippen molar-refractivity contribution >= 4 is 21.8 Å². The van der Waals surface area contributed by atoms with Crippen LogP contribution in [0.4, 0.5) is 0 Å². The summed E-state index contributed by atoms with van der Waals surface area (Å²) >= 11 is 3.45. The summed E-state index contributed by atoms with van der Waals surface area (Å²) in [7, 11) is 0. The van der Waals surface area contributed by atoms with Gasteiger partial charge in [-0.05, 0) is 12.0 Å². The van der Waals surface area contributed by atoms with Gasteiger partial charge in [-0.1, -0.05) is 46.3 Å². The summed E-state index contributed by atoms with van der Waals surface area (Å²) in [5.41, 5.74) is 0.912. The van der Waals surface area contributed by atoms with Crippen molar-refractivity contribution in [2.75, 3.05) is 13.1 Å². The third-order valence-electron chi connectivity index (χ3n) is 3.02. The number of benzene rings is 1. The highest BCUT2D eigenvalue weighted by Crippen LogP contribution is 2.21. The minimum absolute atomic E-state index is 0.173. The van der Waals surface area contributed by atoms with Crippen LogP contribution < -0.4 is 0 Å². The maximum atomic E-state index is 11.5. The second-order valence-electron chi connectivity index (χ2n) is 4.36. The van der Waals surface area contributed by atoms with Gasteiger partial charge in [0.05, 0.1) is 6.10 Å². The minimum atomic E-state index is -0.488. The van der Waals surface area contributed by atoms with Crippen molar-refractivity contribution < 1.29 is 9.90 Å². The second-order valence-corrected chi connectivity index (χ2v) is 5.65. The van der Waals surface area contributed by atoms with Gasteiger partial charge in [-0.2, -0.15) is 0 Å². The van der Waals surface area contributed by atoms with E-state index in [9.17, 15) is 9.90 Å². The van der Waals surface area contributed by atoms with E-state index in [4.69, 9.17) is 0 Å². The molecule has 2 atom stereocenters. The summed E-state index contributed by atoms with van der Waals surface area (Å²) in [5.74, 6) is 0.173. The summed E-state index contributed by atoms with van der Waals surface area (Å²) < 4.78 is 0. The Kier molecular flexibility index (Phi) is 4.18. The molecule has 1 fully saturated rings. The Balaban J connectivity index is 1.84. The maximum absolute atomic E-state index is 11.5. The molecule has 0 saturated carbocycles. The topological polar surface area (TPSA) is 40.5 Å². The Bertz CT molecular complexity index is 382. The number of rotatable bonds is 4. The van der Waals surface area contributed by atoms with Crippen LogP contribution in [0.25, 0.3) is 0 Å². The molecule has 0 aliphatic carbocycles. The molecule has 4 heteroatoms. The van der Waals surface area contributed by atoms with Gasteiger partial charge in [-0.3, -0.25) is 4.79 Å². The van der Waals surface area contributed by atoms with Gasteiger partial charge in [0.25, 0.3) is 0 Å². The zero-order valence-electron chi connectivity index (χ0n) is 9.55. The fourth-order valence-corrected chi connectivity index (χ4v) is 2.69. The van der Waals surface area contributed by atoms with E-state index in [0.717, 1.165) is 12.1 Å². The molecule has 1 amide bonds. The Hall–Kier alpha value is -0.870. The van der Waals surface area contributed by atoms with Crippen molar-refractivity contribution in [2.24, 2.45) is 0 Å². The molecule has 1 aromatic carbocycles. The average Bonchev–Trinajstić information content (AvgIpc) is 2.66. The normalized spacial score (nSPS) is 21.9. The molecular weight excluding hydrogens is 282 g/mol. The van der Waals surface area contributed by atoms with Crippen LogP contribution in [0.15, 0.2) is 30.3 Å². The van der Waals surface area contributed by atoms with Crippen LogP contribution >= 0.6 is 15.9 Å². The van der Waals surface area contributed by atoms with Gasteiger partial charge in [0.2, 0.25) is 5.91 Å². The number of amides is 1. The zero-order valence-corrected chi connectivity index (χ0v) is 11.1. The van der Waals surface area contributed by atoms with E-state index < -0.39 is 6.10 Å². The first kappa shape index (κ1) is 12.6. The molecule has 1 aliphatic rings. The highest BCUT2D eigenvalue weighted by Gasteiger charge is 2.27. The lowest BCUT2D eigenvalue weighted by atomic mass is 10.1. The highest BCUT2D eigenvalue weighted by molar-refractivity contribution is 9.09. The lowest BCUT2D eigenvalue weighted by Crippen LogP contribution is -2.27. The van der Waals surface area contributed by atoms with Crippen molar-refractivity contribution in [3.05, 3.63) is 35.9 Å². The van der Waals surface area contributed by atoms with E-state index in [1.165, 1.54) is 0 Å². The number of nitrogens with zero attached hydrogens (tertiary/aromatic N) is 1. The van der Waals surface area contributed by atoms with Crippen molar-refractivity contribution in [1.29, 1.82) is 0 Å². The number of aliphatic hydroxyl groups is 1. The third kappa shape index (κ3) is 3.30. The SMILES string of the molecule is O=C1CC(Br)CN1CCC(O)c1ccccc1. The Morgan fingerprint density at radius 1 is 1.41 bits per heavy atom. The lowest BCUT2D eigenvalue weighted by Gasteiger charge is -2.18. The largest absolute Gasteiger partial charge is 0.388 e. The molecule has 0 aromatic heterocycles. The van der Waals surface area contributed by atoms with E-state index in [2.05, 4.69) is 15.9 Å². The number of likely N-dealkylation sites (tertiary alicyclic amines) is 1. The lowest BCUT2D eigenvalue weighted by molar-refractivity contribution is -0.127. The van der Waals surface area contributed by atoms with Gasteiger partial charge in [0.1, 0.15) is 0 Å². The molecule has 1 saturated heterocycles. The van der Waals surface area contributed by atoms with Gasteiger partial charge in [-0.15, -0.1) is 0 Å². The molecule has 92 valence electrons. The van der Waals surface area contributed by atoms with Crippen LogP contribution in [0.3, 0.4) is 0 Å². The molecule has 3 nitrogen and oxygen atoms in total. The molecule has 0 spiro atoms. The van der Waals surface area contributed by atoms with Crippen molar-refractivity contribution in [3.63, 3.8) is 0 Å². The predicted octanol–water partition coefficient (Wildman–Crippen LogP) is 2.11. The smallest absolute Gasteiger partial charge is 0.223 e. The van der Waals surface area contributed by atoms with E-state index >= 15 is 0 Å². The summed E-state index contributed by atoms with van der Waals surface area (Å²) in [6.07, 6.45) is 0.676. The highest BCUT2D eigenvalue weighted by atomic mass is 79.9. The van der Waals surface area contributed by atoms with E-state index in [-0.39, 0.29) is 10.7 Å². The van der Waals surface area contributed by atoms with Gasteiger partial charge >= 0.3 is 0 Å². The second kappa shape index (κ2) is 5.65. The molecular formula is C13H16BrNO2. The summed E-state index contributed by atoms with van der Waals surface area (Å²) in [6, 6.07) is 9.56. The summed E-state index contributed by atoms with van der Waals surface area (Å²) in [5, 5.41) is 9.98. The van der Waals surface area contributed by atoms with Crippen LogP contribution in [0.5, 0.6) is 0 Å². The quantitative estimate of drug-likeness (QED) is 0.865. The molecule has 1 aliphatic heterocycles. The third-order valence-corrected chi connectivity index (χ3v) is 3.64. The Morgan fingerprint density at radius 2 is 2.12 bits per heavy atom. The molecule has 0 bridgehead atoms. The molecule has 1 N–H and O–H groups in total. The fourth-order valence-electron chi connectivity index (χ4n) is 2.06. The molecule has 2 unspecified atom stereocenters. The number of hydrogen-bond acceptors (Lipinski definition) is 2. The zero-order chi connectivity index (χ0) is 12.3. The first-order valence-corrected chi connectivity index (χ1v) is 6.73. The molecule has 2 rings (SSSR count). The van der Waals surface area contributed by atoms with Gasteiger partial charge in [-0.25, -0.2) is 0 Å². The van der Waals surface area contributed by atoms with E-state index in [1.54, 1.807) is 0 Å². The number of hydrogen-bond donors (Lipinski definition) is 1. The van der Waals surface area contributed by atoms with E-state index in [1.807, 2.05) is 35.2 Å². The Labute approximate surface area is 110 Å². The molecule has 17 heavy (non-hydrogen) atoms. The fraction of sp³-hybridized carbons (Fsp3) is 0.462. The van der Waals surface area contributed by atoms with E-state index in [0.29, 0.717) is 19.4 Å². The first-order chi connectivity index (χ1) is 8.16. The predicted molar refractivity (Wildman–Crippen MR) is 69.9 cm³/mol. The van der Waals surface area contributed by atoms with Crippen LogP contribution in [-0.4, -0.2) is 33.8 Å². The van der Waals surface area contributed by atoms with Crippen molar-refractivity contribution in [3.8, 4) is 0 Å². The van der Waals surface area contributed by atoms with Crippen LogP contribution in [-0.2, 0) is 4.79 Å². The molecule has 1 aromatic rings. The maximum Gasteiger partial charge on any atom is 0.223 e. The van der Waals surface area contributed by atoms with Crippen LogP contribution in [0.1, 0.15) is 24.5 Å². The van der Waals surface area contributed by atoms with Crippen molar-refractivity contribution in [1.82, 2.24) is 4.90 Å². The monoisotopic (exact) mass is 297 g/mol. The number of alkyl halides is 1. The Morgan fingerprint density at radius 3 is 2.71 bits per heavy atom. The summed E-state index contributed by atoms with van der Waals surface area (Å²) in [4.78, 5) is 13.6. The molecule has 1 heterocycles. The summed E-state index contributed by atoms with van der Waals surface area (Å²) in [6.45, 7) is 1.37. The van der Waals surface area contributed by atoms with Gasteiger partial charge in [0, 0.05) is 24.3 Å². The first-order valence-electron chi connectivity index (χ1n) is 5.81. The average molecular weight is 298 g/mol. The number of carbonyl (C=O) groups is 1.